The van der Waals surface area contributed by atoms with E-state index in [-0.39, 0.29) is 6.79 Å². The lowest BCUT2D eigenvalue weighted by atomic mass is 10.3. The zero-order chi connectivity index (χ0) is 9.61. The van der Waals surface area contributed by atoms with E-state index in [0.717, 1.165) is 4.99 Å². The predicted octanol–water partition coefficient (Wildman–Crippen LogP) is 2.45. The third kappa shape index (κ3) is 4.74. The molecule has 0 aromatic carbocycles. The van der Waals surface area contributed by atoms with Crippen LogP contribution in [0.5, 0.6) is 0 Å². The molecule has 0 amide bonds. The van der Waals surface area contributed by atoms with Crippen molar-refractivity contribution in [2.24, 2.45) is 0 Å². The van der Waals surface area contributed by atoms with Crippen LogP contribution in [0.15, 0.2) is 10.6 Å². The smallest absolute Gasteiger partial charge is 0.359 e. The molecular formula is C6H8BrF3O2. The van der Waals surface area contributed by atoms with Crippen molar-refractivity contribution in [3.05, 3.63) is 10.6 Å². The number of hydrogen-bond donors (Lipinski definition) is 0. The van der Waals surface area contributed by atoms with Crippen molar-refractivity contribution >= 4 is 15.9 Å². The van der Waals surface area contributed by atoms with Crippen molar-refractivity contribution in [3.8, 4) is 0 Å². The van der Waals surface area contributed by atoms with E-state index in [1.165, 1.54) is 7.11 Å². The summed E-state index contributed by atoms with van der Waals surface area (Å²) >= 11 is 2.60. The highest BCUT2D eigenvalue weighted by Gasteiger charge is 2.33. The fraction of sp³-hybridized carbons (Fsp3) is 0.667. The second-order valence-electron chi connectivity index (χ2n) is 1.89. The van der Waals surface area contributed by atoms with Crippen LogP contribution in [0.1, 0.15) is 0 Å². The van der Waals surface area contributed by atoms with Crippen molar-refractivity contribution in [3.63, 3.8) is 0 Å². The monoisotopic (exact) mass is 248 g/mol. The Labute approximate surface area is 76.5 Å². The molecule has 0 aliphatic heterocycles. The Morgan fingerprint density at radius 3 is 2.42 bits per heavy atom. The molecule has 0 aromatic rings. The Balaban J connectivity index is 3.87. The lowest BCUT2D eigenvalue weighted by molar-refractivity contribution is -0.108. The standard InChI is InChI=1S/C6H8BrF3O2/c1-11-4-12-3-5(2-7)6(8,9)10/h2H,3-4H2,1H3/b5-2+. The van der Waals surface area contributed by atoms with Crippen LogP contribution >= 0.6 is 15.9 Å². The maximum atomic E-state index is 11.9. The summed E-state index contributed by atoms with van der Waals surface area (Å²) in [5, 5.41) is 0. The Morgan fingerprint density at radius 2 is 2.08 bits per heavy atom. The topological polar surface area (TPSA) is 18.5 Å². The van der Waals surface area contributed by atoms with Crippen LogP contribution in [-0.2, 0) is 9.47 Å². The van der Waals surface area contributed by atoms with Crippen LogP contribution in [0.25, 0.3) is 0 Å². The fourth-order valence-corrected chi connectivity index (χ4v) is 0.802. The first-order valence-corrected chi connectivity index (χ1v) is 3.87. The van der Waals surface area contributed by atoms with Gasteiger partial charge in [0.05, 0.1) is 12.2 Å². The molecule has 0 unspecified atom stereocenters. The minimum atomic E-state index is -4.35. The van der Waals surface area contributed by atoms with Gasteiger partial charge < -0.3 is 9.47 Å². The third-order valence-corrected chi connectivity index (χ3v) is 1.51. The van der Waals surface area contributed by atoms with E-state index in [1.807, 2.05) is 0 Å². The number of methoxy groups -OCH3 is 1. The summed E-state index contributed by atoms with van der Waals surface area (Å²) in [7, 11) is 1.34. The predicted molar refractivity (Wildman–Crippen MR) is 40.9 cm³/mol. The van der Waals surface area contributed by atoms with E-state index in [1.54, 1.807) is 0 Å². The van der Waals surface area contributed by atoms with E-state index in [2.05, 4.69) is 25.4 Å². The summed E-state index contributed by atoms with van der Waals surface area (Å²) in [4.78, 5) is 0.794. The molecule has 0 saturated carbocycles. The van der Waals surface area contributed by atoms with Crippen molar-refractivity contribution in [2.75, 3.05) is 20.5 Å². The van der Waals surface area contributed by atoms with Gasteiger partial charge in [-0.15, -0.1) is 0 Å². The molecule has 0 radical (unpaired) electrons. The molecule has 2 nitrogen and oxygen atoms in total. The molecule has 0 aliphatic rings. The molecule has 0 bridgehead atoms. The van der Waals surface area contributed by atoms with Gasteiger partial charge in [-0.25, -0.2) is 0 Å². The summed E-state index contributed by atoms with van der Waals surface area (Å²) in [6, 6.07) is 0. The molecule has 0 heterocycles. The van der Waals surface area contributed by atoms with Gasteiger partial charge in [-0.3, -0.25) is 0 Å². The van der Waals surface area contributed by atoms with Crippen molar-refractivity contribution in [1.29, 1.82) is 0 Å². The molecule has 0 N–H and O–H groups in total. The quantitative estimate of drug-likeness (QED) is 0.562. The molecule has 0 saturated heterocycles. The largest absolute Gasteiger partial charge is 0.415 e. The number of alkyl halides is 3. The van der Waals surface area contributed by atoms with Crippen LogP contribution in [0.2, 0.25) is 0 Å². The second kappa shape index (κ2) is 5.55. The molecule has 0 rings (SSSR count). The molecule has 0 atom stereocenters. The van der Waals surface area contributed by atoms with Crippen LogP contribution < -0.4 is 0 Å². The summed E-state index contributed by atoms with van der Waals surface area (Å²) in [6.07, 6.45) is -4.35. The molecule has 72 valence electrons. The number of hydrogen-bond acceptors (Lipinski definition) is 2. The van der Waals surface area contributed by atoms with Gasteiger partial charge in [0.1, 0.15) is 6.79 Å². The van der Waals surface area contributed by atoms with Gasteiger partial charge in [0.25, 0.3) is 0 Å². The van der Waals surface area contributed by atoms with Crippen LogP contribution in [-0.4, -0.2) is 26.7 Å². The van der Waals surface area contributed by atoms with Gasteiger partial charge in [0.2, 0.25) is 0 Å². The number of ether oxygens (including phenoxy) is 2. The van der Waals surface area contributed by atoms with E-state index in [9.17, 15) is 13.2 Å². The van der Waals surface area contributed by atoms with Gasteiger partial charge >= 0.3 is 6.18 Å². The first-order chi connectivity index (χ1) is 5.52. The Morgan fingerprint density at radius 1 is 1.50 bits per heavy atom. The van der Waals surface area contributed by atoms with E-state index in [0.29, 0.717) is 0 Å². The van der Waals surface area contributed by atoms with Gasteiger partial charge in [0, 0.05) is 7.11 Å². The molecule has 6 heteroatoms. The molecule has 0 fully saturated rings. The minimum Gasteiger partial charge on any atom is -0.359 e. The van der Waals surface area contributed by atoms with Gasteiger partial charge in [-0.05, 0) is 4.99 Å². The van der Waals surface area contributed by atoms with E-state index < -0.39 is 18.4 Å². The number of rotatable bonds is 4. The summed E-state index contributed by atoms with van der Waals surface area (Å²) < 4.78 is 44.7. The lowest BCUT2D eigenvalue weighted by Crippen LogP contribution is -2.16. The summed E-state index contributed by atoms with van der Waals surface area (Å²) in [6.45, 7) is -0.664. The molecular weight excluding hydrogens is 241 g/mol. The van der Waals surface area contributed by atoms with Crippen LogP contribution in [0.4, 0.5) is 13.2 Å². The minimum absolute atomic E-state index is 0.152. The lowest BCUT2D eigenvalue weighted by Gasteiger charge is -2.10. The first kappa shape index (κ1) is 11.9. The normalized spacial score (nSPS) is 13.6. The van der Waals surface area contributed by atoms with Gasteiger partial charge in [0.15, 0.2) is 0 Å². The molecule has 0 aromatic heterocycles. The van der Waals surface area contributed by atoms with Crippen molar-refractivity contribution in [1.82, 2.24) is 0 Å². The molecule has 0 spiro atoms. The SMILES string of the molecule is COCOC/C(=C\Br)C(F)(F)F. The zero-order valence-electron chi connectivity index (χ0n) is 6.32. The van der Waals surface area contributed by atoms with Crippen molar-refractivity contribution in [2.45, 2.75) is 6.18 Å². The fourth-order valence-electron chi connectivity index (χ4n) is 0.410. The Hall–Kier alpha value is -0.0700. The highest BCUT2D eigenvalue weighted by molar-refractivity contribution is 9.11. The van der Waals surface area contributed by atoms with Crippen LogP contribution in [0, 0.1) is 0 Å². The van der Waals surface area contributed by atoms with E-state index in [4.69, 9.17) is 0 Å². The zero-order valence-corrected chi connectivity index (χ0v) is 7.91. The Bertz CT molecular complexity index is 155. The summed E-state index contributed by atoms with van der Waals surface area (Å²) in [5.74, 6) is 0. The van der Waals surface area contributed by atoms with E-state index >= 15 is 0 Å². The highest BCUT2D eigenvalue weighted by atomic mass is 79.9. The third-order valence-electron chi connectivity index (χ3n) is 0.955. The maximum absolute atomic E-state index is 11.9. The molecule has 0 aliphatic carbocycles. The molecule has 12 heavy (non-hydrogen) atoms. The Kier molecular flexibility index (Phi) is 5.52. The van der Waals surface area contributed by atoms with Crippen LogP contribution in [0.3, 0.4) is 0 Å². The second-order valence-corrected chi connectivity index (χ2v) is 2.34. The number of halogens is 4. The maximum Gasteiger partial charge on any atom is 0.415 e. The van der Waals surface area contributed by atoms with Gasteiger partial charge in [-0.2, -0.15) is 13.2 Å². The van der Waals surface area contributed by atoms with Gasteiger partial charge in [-0.1, -0.05) is 15.9 Å². The highest BCUT2D eigenvalue weighted by Crippen LogP contribution is 2.26. The first-order valence-electron chi connectivity index (χ1n) is 2.95. The summed E-state index contributed by atoms with van der Waals surface area (Å²) in [5.41, 5.74) is -0.778. The van der Waals surface area contributed by atoms with Crippen molar-refractivity contribution < 1.29 is 22.6 Å². The average Bonchev–Trinajstić information content (AvgIpc) is 1.95. The average molecular weight is 249 g/mol.